The zero-order chi connectivity index (χ0) is 19.0. The minimum Gasteiger partial charge on any atom is -0.368 e. The predicted molar refractivity (Wildman–Crippen MR) is 102 cm³/mol. The Morgan fingerprint density at radius 1 is 1.30 bits per heavy atom. The number of ether oxygens (including phenoxy) is 1. The average molecular weight is 413 g/mol. The van der Waals surface area contributed by atoms with Crippen LogP contribution in [0.2, 0.25) is 0 Å². The van der Waals surface area contributed by atoms with Gasteiger partial charge in [0.25, 0.3) is 5.91 Å². The number of halogens is 1. The lowest BCUT2D eigenvalue weighted by Gasteiger charge is -2.24. The lowest BCUT2D eigenvalue weighted by molar-refractivity contribution is -0.126. The molecule has 6 nitrogen and oxygen atoms in total. The molecule has 0 bridgehead atoms. The molecule has 0 saturated carbocycles. The minimum absolute atomic E-state index is 0.0845. The van der Waals surface area contributed by atoms with Crippen LogP contribution in [0.3, 0.4) is 0 Å². The molecule has 0 radical (unpaired) electrons. The molecule has 1 aromatic rings. The number of amides is 1. The molecule has 3 heterocycles. The SMILES string of the molecule is O=C(N=C1S[C@@H]2CS(=O)(=O)C[C@@H]2N1CCc1ccc(F)cc1)[C@@H]1CCCO1. The summed E-state index contributed by atoms with van der Waals surface area (Å²) in [6, 6.07) is 6.09. The number of carbonyl (C=O) groups is 1. The lowest BCUT2D eigenvalue weighted by Crippen LogP contribution is -2.39. The van der Waals surface area contributed by atoms with Crippen LogP contribution >= 0.6 is 11.8 Å². The van der Waals surface area contributed by atoms with E-state index < -0.39 is 15.9 Å². The number of carbonyl (C=O) groups excluding carboxylic acids is 1. The third kappa shape index (κ3) is 4.20. The van der Waals surface area contributed by atoms with Crippen molar-refractivity contribution in [1.29, 1.82) is 0 Å². The van der Waals surface area contributed by atoms with E-state index in [0.29, 0.717) is 31.2 Å². The maximum Gasteiger partial charge on any atom is 0.277 e. The fourth-order valence-electron chi connectivity index (χ4n) is 3.74. The van der Waals surface area contributed by atoms with Gasteiger partial charge in [-0.05, 0) is 37.0 Å². The van der Waals surface area contributed by atoms with Crippen molar-refractivity contribution in [3.63, 3.8) is 0 Å². The molecule has 0 aliphatic carbocycles. The fraction of sp³-hybridized carbons (Fsp3) is 0.556. The fourth-order valence-corrected chi connectivity index (χ4v) is 7.72. The van der Waals surface area contributed by atoms with Gasteiger partial charge in [0.15, 0.2) is 15.0 Å². The van der Waals surface area contributed by atoms with Crippen LogP contribution in [0.1, 0.15) is 18.4 Å². The van der Waals surface area contributed by atoms with E-state index in [2.05, 4.69) is 4.99 Å². The Morgan fingerprint density at radius 2 is 2.07 bits per heavy atom. The van der Waals surface area contributed by atoms with Crippen molar-refractivity contribution in [2.45, 2.75) is 36.7 Å². The topological polar surface area (TPSA) is 76.0 Å². The Morgan fingerprint density at radius 3 is 2.78 bits per heavy atom. The van der Waals surface area contributed by atoms with Gasteiger partial charge in [-0.3, -0.25) is 4.79 Å². The monoisotopic (exact) mass is 412 g/mol. The zero-order valence-corrected chi connectivity index (χ0v) is 16.3. The summed E-state index contributed by atoms with van der Waals surface area (Å²) in [6.07, 6.45) is 1.67. The van der Waals surface area contributed by atoms with Crippen molar-refractivity contribution < 1.29 is 22.3 Å². The molecule has 3 aliphatic rings. The number of amidine groups is 1. The maximum atomic E-state index is 13.1. The smallest absolute Gasteiger partial charge is 0.277 e. The molecular weight excluding hydrogens is 391 g/mol. The highest BCUT2D eigenvalue weighted by atomic mass is 32.2. The van der Waals surface area contributed by atoms with E-state index in [1.807, 2.05) is 4.90 Å². The Hall–Kier alpha value is -1.45. The van der Waals surface area contributed by atoms with Crippen molar-refractivity contribution in [2.75, 3.05) is 24.7 Å². The maximum absolute atomic E-state index is 13.1. The molecule has 3 aliphatic heterocycles. The number of nitrogens with zero attached hydrogens (tertiary/aromatic N) is 2. The molecule has 3 atom stereocenters. The normalized spacial score (nSPS) is 30.8. The number of thioether (sulfide) groups is 1. The first-order chi connectivity index (χ1) is 12.9. The molecule has 1 amide bonds. The first-order valence-corrected chi connectivity index (χ1v) is 11.7. The summed E-state index contributed by atoms with van der Waals surface area (Å²) >= 11 is 1.38. The van der Waals surface area contributed by atoms with Crippen LogP contribution in [0, 0.1) is 5.82 Å². The number of hydrogen-bond acceptors (Lipinski definition) is 5. The standard InChI is InChI=1S/C18H21FN2O4S2/c19-13-5-3-12(4-6-13)7-8-21-14-10-27(23,24)11-16(14)26-18(21)20-17(22)15-2-1-9-25-15/h3-6,14-16H,1-2,7-11H2/t14-,15-,16+/m0/s1. The number of rotatable bonds is 4. The second-order valence-electron chi connectivity index (χ2n) is 7.10. The average Bonchev–Trinajstić information content (AvgIpc) is 3.30. The number of hydrogen-bond donors (Lipinski definition) is 0. The van der Waals surface area contributed by atoms with E-state index in [1.165, 1.54) is 23.9 Å². The molecule has 9 heteroatoms. The van der Waals surface area contributed by atoms with Crippen LogP contribution < -0.4 is 0 Å². The number of sulfone groups is 1. The van der Waals surface area contributed by atoms with Gasteiger partial charge in [0.2, 0.25) is 0 Å². The van der Waals surface area contributed by atoms with Gasteiger partial charge in [-0.15, -0.1) is 0 Å². The van der Waals surface area contributed by atoms with Crippen LogP contribution in [-0.2, 0) is 25.8 Å². The van der Waals surface area contributed by atoms with Gasteiger partial charge in [-0.1, -0.05) is 23.9 Å². The lowest BCUT2D eigenvalue weighted by atomic mass is 10.1. The Labute approximate surface area is 162 Å². The summed E-state index contributed by atoms with van der Waals surface area (Å²) in [4.78, 5) is 18.6. The van der Waals surface area contributed by atoms with Crippen molar-refractivity contribution in [3.8, 4) is 0 Å². The van der Waals surface area contributed by atoms with E-state index in [-0.39, 0.29) is 34.5 Å². The van der Waals surface area contributed by atoms with E-state index in [9.17, 15) is 17.6 Å². The van der Waals surface area contributed by atoms with Crippen molar-refractivity contribution in [2.24, 2.45) is 4.99 Å². The van der Waals surface area contributed by atoms with Gasteiger partial charge in [0.1, 0.15) is 11.9 Å². The molecule has 0 spiro atoms. The van der Waals surface area contributed by atoms with Gasteiger partial charge < -0.3 is 9.64 Å². The highest BCUT2D eigenvalue weighted by Crippen LogP contribution is 2.38. The third-order valence-electron chi connectivity index (χ3n) is 5.14. The number of aliphatic imine (C=N–C) groups is 1. The van der Waals surface area contributed by atoms with Crippen molar-refractivity contribution >= 4 is 32.7 Å². The second-order valence-corrected chi connectivity index (χ2v) is 10.5. The van der Waals surface area contributed by atoms with Crippen LogP contribution in [0.4, 0.5) is 4.39 Å². The zero-order valence-electron chi connectivity index (χ0n) is 14.7. The van der Waals surface area contributed by atoms with Gasteiger partial charge in [0, 0.05) is 18.4 Å². The molecule has 1 aromatic carbocycles. The summed E-state index contributed by atoms with van der Waals surface area (Å²) in [6.45, 7) is 1.11. The highest BCUT2D eigenvalue weighted by molar-refractivity contribution is 8.15. The van der Waals surface area contributed by atoms with Crippen LogP contribution in [-0.4, -0.2) is 66.4 Å². The molecule has 4 rings (SSSR count). The van der Waals surface area contributed by atoms with E-state index >= 15 is 0 Å². The molecule has 3 fully saturated rings. The summed E-state index contributed by atoms with van der Waals surface area (Å²) < 4.78 is 42.6. The van der Waals surface area contributed by atoms with Crippen LogP contribution in [0.25, 0.3) is 0 Å². The largest absolute Gasteiger partial charge is 0.368 e. The van der Waals surface area contributed by atoms with Crippen LogP contribution in [0.15, 0.2) is 29.3 Å². The van der Waals surface area contributed by atoms with Gasteiger partial charge >= 0.3 is 0 Å². The summed E-state index contributed by atoms with van der Waals surface area (Å²) in [5.41, 5.74) is 0.954. The molecule has 0 N–H and O–H groups in total. The molecule has 27 heavy (non-hydrogen) atoms. The van der Waals surface area contributed by atoms with Gasteiger partial charge in [0.05, 0.1) is 17.5 Å². The molecule has 146 valence electrons. The molecular formula is C18H21FN2O4S2. The minimum atomic E-state index is -3.07. The van der Waals surface area contributed by atoms with Crippen LogP contribution in [0.5, 0.6) is 0 Å². The van der Waals surface area contributed by atoms with Gasteiger partial charge in [-0.2, -0.15) is 4.99 Å². The Kier molecular flexibility index (Phi) is 5.26. The number of fused-ring (bicyclic) bond motifs is 1. The summed E-state index contributed by atoms with van der Waals surface area (Å²) in [5.74, 6) is -0.379. The van der Waals surface area contributed by atoms with E-state index in [1.54, 1.807) is 12.1 Å². The van der Waals surface area contributed by atoms with Crippen molar-refractivity contribution in [1.82, 2.24) is 4.90 Å². The number of benzene rings is 1. The first kappa shape index (κ1) is 18.9. The molecule has 0 aromatic heterocycles. The first-order valence-electron chi connectivity index (χ1n) is 9.03. The Balaban J connectivity index is 1.52. The second kappa shape index (κ2) is 7.52. The van der Waals surface area contributed by atoms with E-state index in [4.69, 9.17) is 4.74 Å². The summed E-state index contributed by atoms with van der Waals surface area (Å²) in [7, 11) is -3.07. The molecule has 3 saturated heterocycles. The van der Waals surface area contributed by atoms with E-state index in [0.717, 1.165) is 12.0 Å². The van der Waals surface area contributed by atoms with Gasteiger partial charge in [-0.25, -0.2) is 12.8 Å². The quantitative estimate of drug-likeness (QED) is 0.749. The summed E-state index contributed by atoms with van der Waals surface area (Å²) in [5, 5.41) is 0.488. The predicted octanol–water partition coefficient (Wildman–Crippen LogP) is 1.64. The highest BCUT2D eigenvalue weighted by Gasteiger charge is 2.48. The molecule has 0 unspecified atom stereocenters. The third-order valence-corrected chi connectivity index (χ3v) is 8.39. The van der Waals surface area contributed by atoms with Crippen molar-refractivity contribution in [3.05, 3.63) is 35.6 Å². The Bertz CT molecular complexity index is 851.